The maximum atomic E-state index is 14.7. The number of piperazine rings is 1. The Labute approximate surface area is 253 Å². The van der Waals surface area contributed by atoms with Crippen molar-refractivity contribution in [2.75, 3.05) is 39.3 Å². The van der Waals surface area contributed by atoms with Crippen LogP contribution < -0.4 is 5.32 Å². The molecule has 0 unspecified atom stereocenters. The average molecular weight is 604 g/mol. The van der Waals surface area contributed by atoms with Crippen LogP contribution in [0.2, 0.25) is 0 Å². The average Bonchev–Trinajstić information content (AvgIpc) is 3.60. The molecule has 2 bridgehead atoms. The van der Waals surface area contributed by atoms with E-state index in [0.29, 0.717) is 72.4 Å². The van der Waals surface area contributed by atoms with Gasteiger partial charge in [0.1, 0.15) is 11.9 Å². The molecule has 1 aromatic carbocycles. The SMILES string of the molecule is CCOC(=O)C1=C(CN2CCN3C(=O)N(C45CC(CC#N)(C4)C5)C[C@@H]3C2)NC(c2nccs2)=N[C@H]1c1cccc(F)c1C. The summed E-state index contributed by atoms with van der Waals surface area (Å²) in [5.74, 6) is -0.320. The van der Waals surface area contributed by atoms with Crippen molar-refractivity contribution in [3.63, 3.8) is 0 Å². The molecule has 3 aliphatic carbocycles. The van der Waals surface area contributed by atoms with E-state index in [4.69, 9.17) is 9.73 Å². The van der Waals surface area contributed by atoms with Gasteiger partial charge in [-0.2, -0.15) is 5.26 Å². The van der Waals surface area contributed by atoms with Gasteiger partial charge in [-0.1, -0.05) is 12.1 Å². The number of halogens is 1. The number of esters is 1. The molecule has 2 aromatic rings. The molecule has 43 heavy (non-hydrogen) atoms. The van der Waals surface area contributed by atoms with E-state index in [1.807, 2.05) is 10.3 Å². The number of amides is 2. The number of hydrogen-bond donors (Lipinski definition) is 1. The van der Waals surface area contributed by atoms with Crippen LogP contribution in [-0.2, 0) is 9.53 Å². The number of nitriles is 1. The molecule has 3 saturated carbocycles. The van der Waals surface area contributed by atoms with Crippen LogP contribution in [0.3, 0.4) is 0 Å². The largest absolute Gasteiger partial charge is 0.463 e. The summed E-state index contributed by atoms with van der Waals surface area (Å²) < 4.78 is 20.3. The first kappa shape index (κ1) is 28.0. The number of thiazole rings is 1. The molecule has 0 radical (unpaired) electrons. The van der Waals surface area contributed by atoms with Crippen LogP contribution in [0.4, 0.5) is 9.18 Å². The number of fused-ring (bicyclic) bond motifs is 1. The number of aromatic nitrogens is 1. The maximum absolute atomic E-state index is 14.7. The van der Waals surface area contributed by atoms with Crippen LogP contribution in [0.25, 0.3) is 0 Å². The highest BCUT2D eigenvalue weighted by molar-refractivity contribution is 7.11. The third kappa shape index (κ3) is 4.52. The number of ether oxygens (including phenoxy) is 1. The zero-order valence-electron chi connectivity index (χ0n) is 24.3. The van der Waals surface area contributed by atoms with Crippen LogP contribution in [0.1, 0.15) is 54.8 Å². The molecule has 1 N–H and O–H groups in total. The maximum Gasteiger partial charge on any atom is 0.338 e. The van der Waals surface area contributed by atoms with Crippen molar-refractivity contribution in [3.8, 4) is 6.07 Å². The Balaban J connectivity index is 1.16. The third-order valence-electron chi connectivity index (χ3n) is 9.82. The Hall–Kier alpha value is -3.82. The van der Waals surface area contributed by atoms with Crippen molar-refractivity contribution in [1.29, 1.82) is 5.26 Å². The van der Waals surface area contributed by atoms with Gasteiger partial charge in [0, 0.05) is 62.0 Å². The van der Waals surface area contributed by atoms with Gasteiger partial charge < -0.3 is 19.9 Å². The van der Waals surface area contributed by atoms with Gasteiger partial charge in [-0.05, 0) is 55.7 Å². The second-order valence-electron chi connectivity index (χ2n) is 12.5. The van der Waals surface area contributed by atoms with Crippen molar-refractivity contribution in [2.45, 2.75) is 57.2 Å². The molecule has 2 atom stereocenters. The second kappa shape index (κ2) is 10.4. The van der Waals surface area contributed by atoms with Crippen molar-refractivity contribution >= 4 is 29.2 Å². The smallest absolute Gasteiger partial charge is 0.338 e. The fourth-order valence-electron chi connectivity index (χ4n) is 7.88. The van der Waals surface area contributed by atoms with Crippen LogP contribution in [0, 0.1) is 29.5 Å². The molecule has 2 amide bonds. The topological polar surface area (TPSA) is 114 Å². The van der Waals surface area contributed by atoms with Gasteiger partial charge in [0.2, 0.25) is 0 Å². The summed E-state index contributed by atoms with van der Waals surface area (Å²) in [6, 6.07) is 6.55. The third-order valence-corrected chi connectivity index (χ3v) is 10.6. The normalized spacial score (nSPS) is 29.7. The van der Waals surface area contributed by atoms with Gasteiger partial charge in [0.15, 0.2) is 10.8 Å². The summed E-state index contributed by atoms with van der Waals surface area (Å²) in [4.78, 5) is 42.6. The molecule has 5 fully saturated rings. The fourth-order valence-corrected chi connectivity index (χ4v) is 8.47. The van der Waals surface area contributed by atoms with Crippen molar-refractivity contribution in [3.05, 3.63) is 63.0 Å². The number of carbonyl (C=O) groups excluding carboxylic acids is 2. The minimum Gasteiger partial charge on any atom is -0.463 e. The molecule has 12 heteroatoms. The lowest BCUT2D eigenvalue weighted by Crippen LogP contribution is -2.74. The Bertz CT molecular complexity index is 1560. The van der Waals surface area contributed by atoms with E-state index in [1.54, 1.807) is 32.2 Å². The zero-order chi connectivity index (χ0) is 29.9. The van der Waals surface area contributed by atoms with E-state index in [9.17, 15) is 19.2 Å². The minimum atomic E-state index is -0.764. The summed E-state index contributed by atoms with van der Waals surface area (Å²) in [7, 11) is 0. The van der Waals surface area contributed by atoms with Crippen LogP contribution >= 0.6 is 11.3 Å². The van der Waals surface area contributed by atoms with E-state index < -0.39 is 12.0 Å². The van der Waals surface area contributed by atoms with Gasteiger partial charge in [-0.15, -0.1) is 11.3 Å². The molecular formula is C31H34FN7O3S. The quantitative estimate of drug-likeness (QED) is 0.457. The first-order chi connectivity index (χ1) is 20.8. The lowest BCUT2D eigenvalue weighted by molar-refractivity contribution is -0.196. The first-order valence-corrected chi connectivity index (χ1v) is 15.7. The van der Waals surface area contributed by atoms with Crippen LogP contribution in [-0.4, -0.2) is 88.4 Å². The lowest BCUT2D eigenvalue weighted by Gasteiger charge is -2.72. The molecule has 1 aromatic heterocycles. The number of hydrogen-bond acceptors (Lipinski definition) is 9. The van der Waals surface area contributed by atoms with E-state index in [0.717, 1.165) is 19.3 Å². The van der Waals surface area contributed by atoms with Crippen molar-refractivity contribution < 1.29 is 18.7 Å². The highest BCUT2D eigenvalue weighted by Gasteiger charge is 2.72. The Morgan fingerprint density at radius 3 is 2.81 bits per heavy atom. The number of urea groups is 1. The summed E-state index contributed by atoms with van der Waals surface area (Å²) >= 11 is 1.43. The van der Waals surface area contributed by atoms with E-state index in [1.165, 1.54) is 17.4 Å². The number of aliphatic imine (C=N–C) groups is 1. The number of benzene rings is 1. The molecule has 8 rings (SSSR count). The number of nitrogens with one attached hydrogen (secondary N) is 1. The predicted octanol–water partition coefficient (Wildman–Crippen LogP) is 3.76. The molecule has 10 nitrogen and oxygen atoms in total. The summed E-state index contributed by atoms with van der Waals surface area (Å²) in [6.07, 6.45) is 5.08. The Morgan fingerprint density at radius 2 is 2.09 bits per heavy atom. The molecular weight excluding hydrogens is 569 g/mol. The number of rotatable bonds is 8. The van der Waals surface area contributed by atoms with Gasteiger partial charge in [0.25, 0.3) is 0 Å². The Morgan fingerprint density at radius 1 is 1.28 bits per heavy atom. The number of amidine groups is 1. The lowest BCUT2D eigenvalue weighted by atomic mass is 9.38. The summed E-state index contributed by atoms with van der Waals surface area (Å²) in [6.45, 7) is 6.66. The van der Waals surface area contributed by atoms with Crippen molar-refractivity contribution in [2.24, 2.45) is 10.4 Å². The molecule has 6 aliphatic rings. The Kier molecular flexibility index (Phi) is 6.78. The van der Waals surface area contributed by atoms with E-state index in [-0.39, 0.29) is 35.5 Å². The van der Waals surface area contributed by atoms with E-state index >= 15 is 0 Å². The molecule has 3 aliphatic heterocycles. The number of nitrogens with zero attached hydrogens (tertiary/aromatic N) is 6. The molecule has 0 spiro atoms. The highest BCUT2D eigenvalue weighted by atomic mass is 32.1. The van der Waals surface area contributed by atoms with Crippen molar-refractivity contribution in [1.82, 2.24) is 25.0 Å². The van der Waals surface area contributed by atoms with E-state index in [2.05, 4.69) is 26.2 Å². The van der Waals surface area contributed by atoms with Crippen LogP contribution in [0.5, 0.6) is 0 Å². The second-order valence-corrected chi connectivity index (χ2v) is 13.4. The number of carbonyl (C=O) groups is 2. The van der Waals surface area contributed by atoms with Crippen LogP contribution in [0.15, 0.2) is 46.0 Å². The fraction of sp³-hybridized carbons (Fsp3) is 0.516. The summed E-state index contributed by atoms with van der Waals surface area (Å²) in [5, 5.41) is 15.1. The summed E-state index contributed by atoms with van der Waals surface area (Å²) in [5.41, 5.74) is 2.10. The first-order valence-electron chi connectivity index (χ1n) is 14.8. The molecule has 224 valence electrons. The zero-order valence-corrected chi connectivity index (χ0v) is 25.1. The minimum absolute atomic E-state index is 0.0470. The molecule has 2 saturated heterocycles. The van der Waals surface area contributed by atoms with Gasteiger partial charge >= 0.3 is 12.0 Å². The predicted molar refractivity (Wildman–Crippen MR) is 158 cm³/mol. The highest BCUT2D eigenvalue weighted by Crippen LogP contribution is 2.71. The molecule has 4 heterocycles. The monoisotopic (exact) mass is 603 g/mol. The van der Waals surface area contributed by atoms with Gasteiger partial charge in [-0.3, -0.25) is 9.89 Å². The van der Waals surface area contributed by atoms with Gasteiger partial charge in [-0.25, -0.2) is 19.0 Å². The standard InChI is InChI=1S/C31H34FN7O3S/c1-3-42-28(40)24-23(35-26(27-34-9-12-43-27)36-25(24)21-5-4-6-22(32)19(21)2)15-37-10-11-38-20(13-37)14-39(29(38)41)31-16-30(17-31,18-31)7-8-33/h4-6,9,12,20,25H,3,7,10-11,13-18H2,1-2H3,(H,35,36)/t20-,25-,30?,31?/m0/s1. The van der Waals surface area contributed by atoms with Gasteiger partial charge in [0.05, 0.1) is 24.3 Å².